The topological polar surface area (TPSA) is 47.3 Å². The Balaban J connectivity index is 2.09. The monoisotopic (exact) mass is 282 g/mol. The van der Waals surface area contributed by atoms with Gasteiger partial charge >= 0.3 is 0 Å². The quantitative estimate of drug-likeness (QED) is 0.793. The van der Waals surface area contributed by atoms with Gasteiger partial charge in [-0.2, -0.15) is 0 Å². The fourth-order valence-electron chi connectivity index (χ4n) is 2.38. The molecule has 2 aromatic heterocycles. The van der Waals surface area contributed by atoms with Gasteiger partial charge in [0.05, 0.1) is 19.0 Å². The van der Waals surface area contributed by atoms with E-state index >= 15 is 0 Å². The van der Waals surface area contributed by atoms with Crippen molar-refractivity contribution < 1.29 is 9.84 Å². The van der Waals surface area contributed by atoms with Crippen molar-refractivity contribution in [3.8, 4) is 17.3 Å². The number of nitrogens with zero attached hydrogens (tertiary/aromatic N) is 2. The third-order valence-electron chi connectivity index (χ3n) is 3.64. The van der Waals surface area contributed by atoms with Crippen LogP contribution < -0.4 is 4.74 Å². The summed E-state index contributed by atoms with van der Waals surface area (Å²) in [4.78, 5) is 4.44. The van der Waals surface area contributed by atoms with Crippen molar-refractivity contribution in [3.63, 3.8) is 0 Å². The Labute approximate surface area is 123 Å². The van der Waals surface area contributed by atoms with Crippen molar-refractivity contribution in [2.75, 3.05) is 7.11 Å². The molecule has 0 bridgehead atoms. The molecule has 0 radical (unpaired) electrons. The van der Waals surface area contributed by atoms with Crippen LogP contribution in [-0.2, 0) is 0 Å². The first kappa shape index (κ1) is 13.5. The van der Waals surface area contributed by atoms with Gasteiger partial charge in [-0.15, -0.1) is 0 Å². The molecule has 0 amide bonds. The maximum Gasteiger partial charge on any atom is 0.203 e. The van der Waals surface area contributed by atoms with E-state index in [4.69, 9.17) is 4.74 Å². The molecule has 108 valence electrons. The molecule has 3 rings (SSSR count). The number of rotatable bonds is 3. The van der Waals surface area contributed by atoms with E-state index in [-0.39, 0.29) is 5.88 Å². The zero-order valence-electron chi connectivity index (χ0n) is 12.4. The Morgan fingerprint density at radius 3 is 2.62 bits per heavy atom. The van der Waals surface area contributed by atoms with E-state index in [1.807, 2.05) is 36.5 Å². The van der Waals surface area contributed by atoms with Crippen molar-refractivity contribution in [2.45, 2.75) is 19.8 Å². The van der Waals surface area contributed by atoms with Gasteiger partial charge in [-0.05, 0) is 36.2 Å². The average Bonchev–Trinajstić information content (AvgIpc) is 2.84. The van der Waals surface area contributed by atoms with Crippen LogP contribution in [-0.4, -0.2) is 21.8 Å². The first-order valence-electron chi connectivity index (χ1n) is 6.94. The van der Waals surface area contributed by atoms with Gasteiger partial charge < -0.3 is 9.84 Å². The molecule has 1 aromatic carbocycles. The lowest BCUT2D eigenvalue weighted by atomic mass is 10.1. The summed E-state index contributed by atoms with van der Waals surface area (Å²) >= 11 is 0. The fraction of sp³-hybridized carbons (Fsp3) is 0.235. The summed E-state index contributed by atoms with van der Waals surface area (Å²) in [6, 6.07) is 9.60. The van der Waals surface area contributed by atoms with Gasteiger partial charge in [-0.1, -0.05) is 13.8 Å². The van der Waals surface area contributed by atoms with Crippen LogP contribution in [0.15, 0.2) is 42.7 Å². The smallest absolute Gasteiger partial charge is 0.203 e. The number of pyridine rings is 1. The molecule has 0 aliphatic carbocycles. The van der Waals surface area contributed by atoms with Gasteiger partial charge in [0.25, 0.3) is 0 Å². The van der Waals surface area contributed by atoms with E-state index in [1.165, 1.54) is 0 Å². The minimum Gasteiger partial charge on any atom is -0.497 e. The summed E-state index contributed by atoms with van der Waals surface area (Å²) in [5.74, 6) is 1.31. The molecule has 0 saturated carbocycles. The van der Waals surface area contributed by atoms with E-state index in [2.05, 4.69) is 18.8 Å². The standard InChI is InChI=1S/C17H18N2O2/c1-11(2)16-7-5-13(9-18-16)19-10-12-4-6-14(21-3)8-15(12)17(19)20/h4-11,20H,1-3H3. The van der Waals surface area contributed by atoms with Gasteiger partial charge in [-0.25, -0.2) is 0 Å². The number of aromatic hydroxyl groups is 1. The summed E-state index contributed by atoms with van der Waals surface area (Å²) in [5, 5.41) is 12.1. The van der Waals surface area contributed by atoms with Crippen LogP contribution in [0.5, 0.6) is 11.6 Å². The maximum atomic E-state index is 10.4. The van der Waals surface area contributed by atoms with E-state index in [0.717, 1.165) is 27.9 Å². The van der Waals surface area contributed by atoms with Crippen LogP contribution >= 0.6 is 0 Å². The largest absolute Gasteiger partial charge is 0.497 e. The Kier molecular flexibility index (Phi) is 3.29. The first-order valence-corrected chi connectivity index (χ1v) is 6.94. The number of benzene rings is 1. The van der Waals surface area contributed by atoms with Crippen LogP contribution in [0, 0.1) is 0 Å². The van der Waals surface area contributed by atoms with Gasteiger partial charge in [0.15, 0.2) is 0 Å². The summed E-state index contributed by atoms with van der Waals surface area (Å²) in [5.41, 5.74) is 1.88. The highest BCUT2D eigenvalue weighted by atomic mass is 16.5. The Morgan fingerprint density at radius 1 is 1.19 bits per heavy atom. The second-order valence-corrected chi connectivity index (χ2v) is 5.37. The molecule has 0 aliphatic rings. The van der Waals surface area contributed by atoms with Crippen molar-refractivity contribution in [1.82, 2.24) is 9.55 Å². The third kappa shape index (κ3) is 2.33. The zero-order chi connectivity index (χ0) is 15.0. The summed E-state index contributed by atoms with van der Waals surface area (Å²) < 4.78 is 6.94. The SMILES string of the molecule is COc1ccc2cn(-c3ccc(C(C)C)nc3)c(O)c2c1. The highest BCUT2D eigenvalue weighted by Crippen LogP contribution is 2.32. The highest BCUT2D eigenvalue weighted by Gasteiger charge is 2.11. The summed E-state index contributed by atoms with van der Waals surface area (Å²) in [6.45, 7) is 4.21. The lowest BCUT2D eigenvalue weighted by Crippen LogP contribution is -1.96. The van der Waals surface area contributed by atoms with Crippen LogP contribution in [0.1, 0.15) is 25.5 Å². The predicted octanol–water partition coefficient (Wildman–Crippen LogP) is 3.86. The number of ether oxygens (including phenoxy) is 1. The van der Waals surface area contributed by atoms with E-state index in [1.54, 1.807) is 17.9 Å². The van der Waals surface area contributed by atoms with E-state index in [9.17, 15) is 5.11 Å². The molecular weight excluding hydrogens is 264 g/mol. The fourth-order valence-corrected chi connectivity index (χ4v) is 2.38. The molecule has 0 saturated heterocycles. The molecule has 4 heteroatoms. The molecule has 3 aromatic rings. The van der Waals surface area contributed by atoms with Gasteiger partial charge in [0, 0.05) is 22.7 Å². The Hall–Kier alpha value is -2.49. The average molecular weight is 282 g/mol. The van der Waals surface area contributed by atoms with E-state index in [0.29, 0.717) is 5.92 Å². The summed E-state index contributed by atoms with van der Waals surface area (Å²) in [7, 11) is 1.61. The second-order valence-electron chi connectivity index (χ2n) is 5.37. The molecule has 21 heavy (non-hydrogen) atoms. The van der Waals surface area contributed by atoms with Crippen molar-refractivity contribution >= 4 is 10.8 Å². The van der Waals surface area contributed by atoms with Gasteiger partial charge in [-0.3, -0.25) is 9.55 Å². The van der Waals surface area contributed by atoms with Crippen LogP contribution in [0.25, 0.3) is 16.5 Å². The molecular formula is C17H18N2O2. The van der Waals surface area contributed by atoms with Crippen molar-refractivity contribution in [3.05, 3.63) is 48.4 Å². The number of fused-ring (bicyclic) bond motifs is 1. The normalized spacial score (nSPS) is 11.2. The zero-order valence-corrected chi connectivity index (χ0v) is 12.4. The minimum absolute atomic E-state index is 0.197. The number of hydrogen-bond donors (Lipinski definition) is 1. The van der Waals surface area contributed by atoms with Crippen molar-refractivity contribution in [1.29, 1.82) is 0 Å². The van der Waals surface area contributed by atoms with Crippen molar-refractivity contribution in [2.24, 2.45) is 0 Å². The number of hydrogen-bond acceptors (Lipinski definition) is 3. The first-order chi connectivity index (χ1) is 10.1. The maximum absolute atomic E-state index is 10.4. The second kappa shape index (κ2) is 5.13. The molecule has 0 spiro atoms. The van der Waals surface area contributed by atoms with Crippen LogP contribution in [0.3, 0.4) is 0 Å². The van der Waals surface area contributed by atoms with Crippen LogP contribution in [0.4, 0.5) is 0 Å². The Morgan fingerprint density at radius 2 is 2.00 bits per heavy atom. The third-order valence-corrected chi connectivity index (χ3v) is 3.64. The van der Waals surface area contributed by atoms with E-state index < -0.39 is 0 Å². The molecule has 4 nitrogen and oxygen atoms in total. The number of methoxy groups -OCH3 is 1. The molecule has 0 unspecified atom stereocenters. The lowest BCUT2D eigenvalue weighted by Gasteiger charge is -2.07. The minimum atomic E-state index is 0.197. The molecule has 2 heterocycles. The Bertz CT molecular complexity index is 773. The van der Waals surface area contributed by atoms with Gasteiger partial charge in [0.2, 0.25) is 5.88 Å². The van der Waals surface area contributed by atoms with Crippen LogP contribution in [0.2, 0.25) is 0 Å². The molecule has 0 fully saturated rings. The van der Waals surface area contributed by atoms with Gasteiger partial charge in [0.1, 0.15) is 5.75 Å². The molecule has 0 atom stereocenters. The summed E-state index contributed by atoms with van der Waals surface area (Å²) in [6.07, 6.45) is 3.68. The molecule has 0 aliphatic heterocycles. The lowest BCUT2D eigenvalue weighted by molar-refractivity contribution is 0.414. The predicted molar refractivity (Wildman–Crippen MR) is 83.4 cm³/mol. The number of aromatic nitrogens is 2. The highest BCUT2D eigenvalue weighted by molar-refractivity contribution is 5.90. The molecule has 1 N–H and O–H groups in total.